The normalized spacial score (nSPS) is 28.2. The lowest BCUT2D eigenvalue weighted by Crippen LogP contribution is -2.65. The zero-order valence-electron chi connectivity index (χ0n) is 26.2. The Morgan fingerprint density at radius 2 is 1.74 bits per heavy atom. The maximum absolute atomic E-state index is 14.5. The number of aliphatic hydroxyl groups is 1. The largest absolute Gasteiger partial charge is 0.458 e. The topological polar surface area (TPSA) is 93.1 Å². The van der Waals surface area contributed by atoms with Crippen LogP contribution < -0.4 is 4.48 Å². The van der Waals surface area contributed by atoms with Gasteiger partial charge in [-0.3, -0.25) is 4.79 Å². The third-order valence-corrected chi connectivity index (χ3v) is 11.7. The van der Waals surface area contributed by atoms with E-state index in [-0.39, 0.29) is 41.4 Å². The summed E-state index contributed by atoms with van der Waals surface area (Å²) in [5, 5.41) is 10.7. The van der Waals surface area contributed by atoms with Gasteiger partial charge in [0.2, 0.25) is 5.00 Å². The minimum absolute atomic E-state index is 0.0122. The summed E-state index contributed by atoms with van der Waals surface area (Å²) in [5.41, 5.74) is 0.0690. The predicted molar refractivity (Wildman–Crippen MR) is 171 cm³/mol. The lowest BCUT2D eigenvalue weighted by Gasteiger charge is -2.40. The summed E-state index contributed by atoms with van der Waals surface area (Å²) in [4.78, 5) is 43.1. The molecule has 1 spiro atoms. The van der Waals surface area contributed by atoms with Crippen LogP contribution in [0.2, 0.25) is 0 Å². The van der Waals surface area contributed by atoms with Gasteiger partial charge >= 0.3 is 12.0 Å². The SMILES string of the molecule is Cc1c(Br)sc2c1C(=O)N(C(C)(C)C(=O)OC(C)(C)C)C(=O)[N+]21C(C)C1CC1CCC(OC(CO)c2ccccc2)CC1. The molecule has 5 rings (SSSR count). The molecule has 2 aliphatic heterocycles. The quantitative estimate of drug-likeness (QED) is 0.179. The molecule has 43 heavy (non-hydrogen) atoms. The molecule has 2 fully saturated rings. The van der Waals surface area contributed by atoms with Crippen molar-refractivity contribution >= 4 is 50.2 Å². The maximum Gasteiger partial charge on any atom is 0.433 e. The first-order valence-electron chi connectivity index (χ1n) is 15.3. The van der Waals surface area contributed by atoms with Gasteiger partial charge in [-0.1, -0.05) is 41.7 Å². The fourth-order valence-electron chi connectivity index (χ4n) is 6.98. The van der Waals surface area contributed by atoms with Gasteiger partial charge in [0.15, 0.2) is 12.1 Å². The molecule has 3 heterocycles. The number of quaternary nitrogens is 1. The second kappa shape index (κ2) is 11.7. The Balaban J connectivity index is 1.35. The number of nitrogens with zero attached hydrogens (tertiary/aromatic N) is 2. The van der Waals surface area contributed by atoms with E-state index in [9.17, 15) is 19.5 Å². The average molecular weight is 677 g/mol. The Morgan fingerprint density at radius 3 is 2.33 bits per heavy atom. The lowest BCUT2D eigenvalue weighted by molar-refractivity contribution is -0.165. The molecule has 1 aromatic carbocycles. The lowest BCUT2D eigenvalue weighted by atomic mass is 9.84. The Kier molecular flexibility index (Phi) is 8.77. The molecule has 0 bridgehead atoms. The van der Waals surface area contributed by atoms with Crippen molar-refractivity contribution in [3.8, 4) is 0 Å². The molecule has 4 unspecified atom stereocenters. The molecule has 8 nitrogen and oxygen atoms in total. The number of ether oxygens (including phenoxy) is 2. The molecule has 1 N–H and O–H groups in total. The van der Waals surface area contributed by atoms with Crippen molar-refractivity contribution in [3.63, 3.8) is 0 Å². The van der Waals surface area contributed by atoms with Gasteiger partial charge in [0, 0.05) is 6.42 Å². The number of urea groups is 1. The van der Waals surface area contributed by atoms with Gasteiger partial charge in [0.25, 0.3) is 5.91 Å². The predicted octanol–water partition coefficient (Wildman–Crippen LogP) is 7.29. The number of thiophene rings is 1. The smallest absolute Gasteiger partial charge is 0.433 e. The van der Waals surface area contributed by atoms with E-state index >= 15 is 0 Å². The van der Waals surface area contributed by atoms with Crippen LogP contribution in [0, 0.1) is 12.8 Å². The van der Waals surface area contributed by atoms with Gasteiger partial charge in [-0.25, -0.2) is 14.5 Å². The summed E-state index contributed by atoms with van der Waals surface area (Å²) in [7, 11) is 0. The number of imide groups is 1. The van der Waals surface area contributed by atoms with Crippen LogP contribution in [0.25, 0.3) is 0 Å². The Hall–Kier alpha value is -2.11. The molecular formula is C33H44BrN2O6S+. The van der Waals surface area contributed by atoms with Crippen molar-refractivity contribution in [3.05, 3.63) is 50.8 Å². The van der Waals surface area contributed by atoms with Crippen LogP contribution in [0.4, 0.5) is 9.80 Å². The summed E-state index contributed by atoms with van der Waals surface area (Å²) >= 11 is 5.10. The second-order valence-corrected chi connectivity index (χ2v) is 16.2. The van der Waals surface area contributed by atoms with Crippen molar-refractivity contribution in [2.45, 2.75) is 116 Å². The number of benzene rings is 1. The van der Waals surface area contributed by atoms with E-state index in [0.29, 0.717) is 11.5 Å². The van der Waals surface area contributed by atoms with Crippen molar-refractivity contribution in [2.75, 3.05) is 6.61 Å². The number of hydrogen-bond acceptors (Lipinski definition) is 7. The maximum atomic E-state index is 14.5. The summed E-state index contributed by atoms with van der Waals surface area (Å²) in [6.45, 7) is 12.5. The van der Waals surface area contributed by atoms with Crippen molar-refractivity contribution in [1.82, 2.24) is 9.38 Å². The molecule has 3 aliphatic rings. The molecular weight excluding hydrogens is 632 g/mol. The van der Waals surface area contributed by atoms with Crippen LogP contribution in [-0.4, -0.2) is 63.8 Å². The van der Waals surface area contributed by atoms with Crippen LogP contribution in [0.1, 0.15) is 101 Å². The van der Waals surface area contributed by atoms with Crippen LogP contribution in [0.15, 0.2) is 34.1 Å². The highest BCUT2D eigenvalue weighted by Crippen LogP contribution is 2.59. The highest BCUT2D eigenvalue weighted by molar-refractivity contribution is 9.11. The summed E-state index contributed by atoms with van der Waals surface area (Å²) in [5.74, 6) is -0.623. The van der Waals surface area contributed by atoms with E-state index in [4.69, 9.17) is 9.47 Å². The molecule has 4 atom stereocenters. The van der Waals surface area contributed by atoms with Gasteiger partial charge in [-0.2, -0.15) is 4.48 Å². The molecule has 1 aliphatic carbocycles. The van der Waals surface area contributed by atoms with Crippen LogP contribution in [0.5, 0.6) is 0 Å². The van der Waals surface area contributed by atoms with Gasteiger partial charge in [-0.05, 0) is 107 Å². The van der Waals surface area contributed by atoms with Crippen molar-refractivity contribution in [1.29, 1.82) is 0 Å². The highest BCUT2D eigenvalue weighted by Gasteiger charge is 2.77. The number of fused-ring (bicyclic) bond motifs is 2. The first kappa shape index (κ1) is 32.3. The van der Waals surface area contributed by atoms with E-state index in [1.165, 1.54) is 16.2 Å². The first-order chi connectivity index (χ1) is 20.1. The molecule has 3 amide bonds. The van der Waals surface area contributed by atoms with E-state index in [1.807, 2.05) is 37.3 Å². The summed E-state index contributed by atoms with van der Waals surface area (Å²) in [6.07, 6.45) is 4.34. The Bertz CT molecular complexity index is 1390. The second-order valence-electron chi connectivity index (χ2n) is 13.8. The number of amides is 3. The van der Waals surface area contributed by atoms with Gasteiger partial charge in [0.05, 0.1) is 16.5 Å². The molecule has 2 aromatic rings. The van der Waals surface area contributed by atoms with Crippen LogP contribution in [0.3, 0.4) is 0 Å². The third-order valence-electron chi connectivity index (χ3n) is 9.48. The fraction of sp³-hybridized carbons (Fsp3) is 0.606. The van der Waals surface area contributed by atoms with E-state index in [1.54, 1.807) is 34.6 Å². The third kappa shape index (κ3) is 5.63. The number of carbonyl (C=O) groups excluding carboxylic acids is 3. The van der Waals surface area contributed by atoms with E-state index in [0.717, 1.165) is 52.0 Å². The minimum atomic E-state index is -1.48. The number of halogens is 1. The van der Waals surface area contributed by atoms with Gasteiger partial charge < -0.3 is 14.6 Å². The number of rotatable bonds is 8. The van der Waals surface area contributed by atoms with E-state index in [2.05, 4.69) is 22.9 Å². The number of esters is 1. The minimum Gasteiger partial charge on any atom is -0.458 e. The fourth-order valence-corrected chi connectivity index (χ4v) is 8.94. The van der Waals surface area contributed by atoms with Crippen molar-refractivity contribution in [2.24, 2.45) is 5.92 Å². The average Bonchev–Trinajstić information content (AvgIpc) is 3.39. The van der Waals surface area contributed by atoms with Crippen LogP contribution >= 0.6 is 27.3 Å². The number of aliphatic hydroxyl groups excluding tert-OH is 1. The summed E-state index contributed by atoms with van der Waals surface area (Å²) in [6, 6.07) is 9.48. The molecule has 234 valence electrons. The zero-order chi connectivity index (χ0) is 31.5. The van der Waals surface area contributed by atoms with Gasteiger partial charge in [0.1, 0.15) is 22.8 Å². The summed E-state index contributed by atoms with van der Waals surface area (Å²) < 4.78 is 12.9. The van der Waals surface area contributed by atoms with Gasteiger partial charge in [-0.15, -0.1) is 0 Å². The molecule has 10 heteroatoms. The standard InChI is InChI=1S/C33H44BrN2O6S/c1-19-26-28(38)35(33(6,7)30(39)42-32(3,4)5)31(40)36(29(26)43-27(19)34)20(2)24(36)17-21-13-15-23(16-14-21)41-25(18-37)22-11-9-8-10-12-22/h8-12,20-21,23-25,37H,13-18H2,1-7H3/q+1. The number of hydrogen-bond donors (Lipinski definition) is 1. The Morgan fingerprint density at radius 1 is 1.12 bits per heavy atom. The van der Waals surface area contributed by atoms with E-state index < -0.39 is 23.0 Å². The molecule has 0 radical (unpaired) electrons. The monoisotopic (exact) mass is 675 g/mol. The molecule has 1 saturated carbocycles. The highest BCUT2D eigenvalue weighted by atomic mass is 79.9. The molecule has 1 saturated heterocycles. The Labute approximate surface area is 267 Å². The van der Waals surface area contributed by atoms with Crippen LogP contribution in [-0.2, 0) is 14.3 Å². The first-order valence-corrected chi connectivity index (χ1v) is 16.9. The number of carbonyl (C=O) groups is 3. The zero-order valence-corrected chi connectivity index (χ0v) is 28.6. The van der Waals surface area contributed by atoms with Crippen molar-refractivity contribution < 1.29 is 29.0 Å². The molecule has 1 aromatic heterocycles.